The minimum Gasteiger partial charge on any atom is -0.139 e. The van der Waals surface area contributed by atoms with Crippen LogP contribution in [0.4, 0.5) is 0 Å². The number of rotatable bonds is 1. The molecule has 0 spiro atoms. The van der Waals surface area contributed by atoms with Crippen LogP contribution in [0.15, 0.2) is 17.8 Å². The van der Waals surface area contributed by atoms with Crippen LogP contribution in [-0.4, -0.2) is 15.4 Å². The third kappa shape index (κ3) is 1.93. The zero-order valence-electron chi connectivity index (χ0n) is 6.07. The third-order valence-electron chi connectivity index (χ3n) is 0.960. The van der Waals surface area contributed by atoms with Gasteiger partial charge < -0.3 is 0 Å². The van der Waals surface area contributed by atoms with Crippen LogP contribution < -0.4 is 0 Å². The number of allylic oxidation sites excluding steroid dienone is 1. The second-order valence-corrected chi connectivity index (χ2v) is 2.27. The van der Waals surface area contributed by atoms with Crippen molar-refractivity contribution >= 4 is 6.08 Å². The molecule has 3 nitrogen and oxygen atoms in total. The molecule has 0 saturated heterocycles. The van der Waals surface area contributed by atoms with Crippen molar-refractivity contribution in [1.29, 1.82) is 0 Å². The fourth-order valence-electron chi connectivity index (χ4n) is 0.623. The summed E-state index contributed by atoms with van der Waals surface area (Å²) in [5.41, 5.74) is 2.07. The molecule has 1 aromatic heterocycles. The molecule has 0 N–H and O–H groups in total. The molecule has 10 heavy (non-hydrogen) atoms. The van der Waals surface area contributed by atoms with E-state index in [2.05, 4.69) is 15.4 Å². The van der Waals surface area contributed by atoms with Crippen molar-refractivity contribution in [3.05, 3.63) is 23.5 Å². The quantitative estimate of drug-likeness (QED) is 0.582. The van der Waals surface area contributed by atoms with Gasteiger partial charge in [-0.05, 0) is 31.2 Å². The zero-order valence-corrected chi connectivity index (χ0v) is 6.07. The van der Waals surface area contributed by atoms with Crippen LogP contribution in [-0.2, 0) is 0 Å². The van der Waals surface area contributed by atoms with Gasteiger partial charge in [0.15, 0.2) is 0 Å². The Labute approximate surface area is 59.8 Å². The molecular formula is C7H9N3. The molecule has 0 atom stereocenters. The molecule has 0 aromatic carbocycles. The van der Waals surface area contributed by atoms with E-state index in [1.807, 2.05) is 26.0 Å². The SMILES string of the molecule is CC(C)=Cc1ccnnn1. The Kier molecular flexibility index (Phi) is 2.10. The molecule has 0 aliphatic rings. The number of hydrogen-bond acceptors (Lipinski definition) is 3. The van der Waals surface area contributed by atoms with Crippen molar-refractivity contribution in [2.75, 3.05) is 0 Å². The minimum atomic E-state index is 0.856. The van der Waals surface area contributed by atoms with Crippen LogP contribution in [0.5, 0.6) is 0 Å². The molecule has 0 fully saturated rings. The first kappa shape index (κ1) is 6.86. The molecule has 1 rings (SSSR count). The molecule has 0 saturated carbocycles. The van der Waals surface area contributed by atoms with Crippen molar-refractivity contribution in [3.63, 3.8) is 0 Å². The molecule has 0 bridgehead atoms. The van der Waals surface area contributed by atoms with Crippen LogP contribution in [0.3, 0.4) is 0 Å². The van der Waals surface area contributed by atoms with Crippen LogP contribution in [0.25, 0.3) is 6.08 Å². The highest BCUT2D eigenvalue weighted by Crippen LogP contribution is 1.98. The average Bonchev–Trinajstić information content (AvgIpc) is 1.88. The predicted octanol–water partition coefficient (Wildman–Crippen LogP) is 1.29. The normalized spacial score (nSPS) is 9.00. The molecule has 0 aliphatic heterocycles. The minimum absolute atomic E-state index is 0.856. The number of hydrogen-bond donors (Lipinski definition) is 0. The summed E-state index contributed by atoms with van der Waals surface area (Å²) in [7, 11) is 0. The van der Waals surface area contributed by atoms with Gasteiger partial charge in [0, 0.05) is 0 Å². The Morgan fingerprint density at radius 3 is 2.80 bits per heavy atom. The second-order valence-electron chi connectivity index (χ2n) is 2.27. The van der Waals surface area contributed by atoms with E-state index in [1.54, 1.807) is 6.20 Å². The van der Waals surface area contributed by atoms with Crippen LogP contribution in [0.1, 0.15) is 19.5 Å². The monoisotopic (exact) mass is 135 g/mol. The standard InChI is InChI=1S/C7H9N3/c1-6(2)5-7-3-4-8-10-9-7/h3-5H,1-2H3. The summed E-state index contributed by atoms with van der Waals surface area (Å²) in [6.07, 6.45) is 3.58. The van der Waals surface area contributed by atoms with Gasteiger partial charge >= 0.3 is 0 Å². The van der Waals surface area contributed by atoms with Gasteiger partial charge in [-0.1, -0.05) is 5.57 Å². The first-order chi connectivity index (χ1) is 4.79. The largest absolute Gasteiger partial charge is 0.139 e. The Balaban J connectivity index is 2.87. The Hall–Kier alpha value is -1.25. The first-order valence-corrected chi connectivity index (χ1v) is 3.08. The van der Waals surface area contributed by atoms with Gasteiger partial charge in [-0.25, -0.2) is 0 Å². The first-order valence-electron chi connectivity index (χ1n) is 3.08. The highest BCUT2D eigenvalue weighted by Gasteiger charge is 1.85. The molecule has 0 amide bonds. The van der Waals surface area contributed by atoms with Crippen LogP contribution in [0, 0.1) is 0 Å². The average molecular weight is 135 g/mol. The number of nitrogens with zero attached hydrogens (tertiary/aromatic N) is 3. The Morgan fingerprint density at radius 2 is 2.30 bits per heavy atom. The van der Waals surface area contributed by atoms with E-state index >= 15 is 0 Å². The van der Waals surface area contributed by atoms with Gasteiger partial charge in [0.25, 0.3) is 0 Å². The van der Waals surface area contributed by atoms with Crippen molar-refractivity contribution in [2.24, 2.45) is 0 Å². The van der Waals surface area contributed by atoms with E-state index in [-0.39, 0.29) is 0 Å². The molecule has 1 heterocycles. The predicted molar refractivity (Wildman–Crippen MR) is 39.2 cm³/mol. The van der Waals surface area contributed by atoms with E-state index < -0.39 is 0 Å². The molecule has 0 unspecified atom stereocenters. The smallest absolute Gasteiger partial charge is 0.0890 e. The molecule has 0 radical (unpaired) electrons. The highest BCUT2D eigenvalue weighted by atomic mass is 15.3. The van der Waals surface area contributed by atoms with Gasteiger partial charge in [0.2, 0.25) is 0 Å². The summed E-state index contributed by atoms with van der Waals surface area (Å²) in [5.74, 6) is 0. The lowest BCUT2D eigenvalue weighted by Crippen LogP contribution is -1.87. The molecule has 3 heteroatoms. The van der Waals surface area contributed by atoms with Gasteiger partial charge in [-0.2, -0.15) is 0 Å². The second kappa shape index (κ2) is 3.06. The third-order valence-corrected chi connectivity index (χ3v) is 0.960. The lowest BCUT2D eigenvalue weighted by atomic mass is 10.3. The van der Waals surface area contributed by atoms with E-state index in [9.17, 15) is 0 Å². The van der Waals surface area contributed by atoms with Crippen molar-refractivity contribution in [1.82, 2.24) is 15.4 Å². The van der Waals surface area contributed by atoms with Crippen molar-refractivity contribution in [2.45, 2.75) is 13.8 Å². The van der Waals surface area contributed by atoms with Gasteiger partial charge in [0.05, 0.1) is 11.9 Å². The maximum atomic E-state index is 3.78. The van der Waals surface area contributed by atoms with E-state index in [0.29, 0.717) is 0 Å². The summed E-state index contributed by atoms with van der Waals surface area (Å²) in [6.45, 7) is 4.03. The van der Waals surface area contributed by atoms with Gasteiger partial charge in [-0.3, -0.25) is 0 Å². The molecule has 0 aliphatic carbocycles. The molecule has 52 valence electrons. The summed E-state index contributed by atoms with van der Waals surface area (Å²) < 4.78 is 0. The maximum absolute atomic E-state index is 3.78. The highest BCUT2D eigenvalue weighted by molar-refractivity contribution is 5.45. The fourth-order valence-corrected chi connectivity index (χ4v) is 0.623. The summed E-state index contributed by atoms with van der Waals surface area (Å²) in [4.78, 5) is 0. The lowest BCUT2D eigenvalue weighted by Gasteiger charge is -1.88. The van der Waals surface area contributed by atoms with Crippen molar-refractivity contribution < 1.29 is 0 Å². The van der Waals surface area contributed by atoms with Crippen LogP contribution >= 0.6 is 0 Å². The topological polar surface area (TPSA) is 38.7 Å². The van der Waals surface area contributed by atoms with Crippen molar-refractivity contribution in [3.8, 4) is 0 Å². The fraction of sp³-hybridized carbons (Fsp3) is 0.286. The lowest BCUT2D eigenvalue weighted by molar-refractivity contribution is 0.857. The number of aromatic nitrogens is 3. The van der Waals surface area contributed by atoms with E-state index in [1.165, 1.54) is 5.57 Å². The summed E-state index contributed by atoms with van der Waals surface area (Å²) in [6, 6.07) is 1.82. The van der Waals surface area contributed by atoms with Gasteiger partial charge in [-0.15, -0.1) is 10.2 Å². The Morgan fingerprint density at radius 1 is 1.50 bits per heavy atom. The summed E-state index contributed by atoms with van der Waals surface area (Å²) in [5, 5.41) is 10.8. The molecule has 1 aromatic rings. The van der Waals surface area contributed by atoms with Crippen LogP contribution in [0.2, 0.25) is 0 Å². The Bertz CT molecular complexity index is 224. The molecular weight excluding hydrogens is 126 g/mol. The maximum Gasteiger partial charge on any atom is 0.0890 e. The zero-order chi connectivity index (χ0) is 7.40. The summed E-state index contributed by atoms with van der Waals surface area (Å²) >= 11 is 0. The van der Waals surface area contributed by atoms with E-state index in [4.69, 9.17) is 0 Å². The van der Waals surface area contributed by atoms with E-state index in [0.717, 1.165) is 5.69 Å². The van der Waals surface area contributed by atoms with Gasteiger partial charge in [0.1, 0.15) is 0 Å².